The van der Waals surface area contributed by atoms with Crippen molar-refractivity contribution < 1.29 is 18.7 Å². The minimum atomic E-state index is -0.311. The fourth-order valence-electron chi connectivity index (χ4n) is 3.01. The lowest BCUT2D eigenvalue weighted by atomic mass is 9.81. The summed E-state index contributed by atoms with van der Waals surface area (Å²) in [5.74, 6) is -0.458. The highest BCUT2D eigenvalue weighted by Crippen LogP contribution is 2.29. The molecule has 0 saturated heterocycles. The summed E-state index contributed by atoms with van der Waals surface area (Å²) in [7, 11) is 1.59. The van der Waals surface area contributed by atoms with Gasteiger partial charge in [-0.15, -0.1) is 0 Å². The van der Waals surface area contributed by atoms with Crippen LogP contribution in [-0.4, -0.2) is 32.1 Å². The van der Waals surface area contributed by atoms with Gasteiger partial charge in [0.15, 0.2) is 0 Å². The molecule has 1 fully saturated rings. The zero-order chi connectivity index (χ0) is 17.4. The average molecular weight is 336 g/mol. The van der Waals surface area contributed by atoms with Gasteiger partial charge in [-0.3, -0.25) is 9.59 Å². The summed E-state index contributed by atoms with van der Waals surface area (Å²) in [4.78, 5) is 24.2. The number of amides is 2. The van der Waals surface area contributed by atoms with Crippen molar-refractivity contribution in [2.45, 2.75) is 32.2 Å². The SMILES string of the molecule is COCCNC(=O)C1CCC(C(=O)NCc2ccccc2F)CC1. The first-order valence-corrected chi connectivity index (χ1v) is 8.39. The number of rotatable bonds is 7. The lowest BCUT2D eigenvalue weighted by Crippen LogP contribution is -2.38. The van der Waals surface area contributed by atoms with Gasteiger partial charge in [0.1, 0.15) is 5.82 Å². The molecule has 6 heteroatoms. The third-order valence-corrected chi connectivity index (χ3v) is 4.49. The molecule has 1 saturated carbocycles. The van der Waals surface area contributed by atoms with E-state index >= 15 is 0 Å². The van der Waals surface area contributed by atoms with Gasteiger partial charge in [0.2, 0.25) is 11.8 Å². The van der Waals surface area contributed by atoms with Gasteiger partial charge >= 0.3 is 0 Å². The molecule has 2 amide bonds. The number of methoxy groups -OCH3 is 1. The molecule has 1 aliphatic carbocycles. The van der Waals surface area contributed by atoms with Crippen LogP contribution < -0.4 is 10.6 Å². The van der Waals surface area contributed by atoms with E-state index in [1.807, 2.05) is 0 Å². The van der Waals surface area contributed by atoms with Gasteiger partial charge in [-0.25, -0.2) is 4.39 Å². The molecule has 0 aliphatic heterocycles. The number of hydrogen-bond donors (Lipinski definition) is 2. The van der Waals surface area contributed by atoms with Crippen molar-refractivity contribution >= 4 is 11.8 Å². The molecule has 0 spiro atoms. The third kappa shape index (κ3) is 5.30. The van der Waals surface area contributed by atoms with Gasteiger partial charge < -0.3 is 15.4 Å². The van der Waals surface area contributed by atoms with Crippen LogP contribution in [0.5, 0.6) is 0 Å². The highest BCUT2D eigenvalue weighted by Gasteiger charge is 2.29. The quantitative estimate of drug-likeness (QED) is 0.749. The summed E-state index contributed by atoms with van der Waals surface area (Å²) >= 11 is 0. The summed E-state index contributed by atoms with van der Waals surface area (Å²) in [5, 5.41) is 5.64. The fraction of sp³-hybridized carbons (Fsp3) is 0.556. The highest BCUT2D eigenvalue weighted by molar-refractivity contribution is 5.81. The Labute approximate surface area is 142 Å². The molecule has 1 aromatic rings. The van der Waals surface area contributed by atoms with E-state index in [2.05, 4.69) is 10.6 Å². The number of nitrogens with one attached hydrogen (secondary N) is 2. The molecule has 5 nitrogen and oxygen atoms in total. The van der Waals surface area contributed by atoms with Crippen LogP contribution in [0.3, 0.4) is 0 Å². The maximum atomic E-state index is 13.5. The van der Waals surface area contributed by atoms with E-state index in [-0.39, 0.29) is 36.0 Å². The van der Waals surface area contributed by atoms with Crippen LogP contribution in [-0.2, 0) is 20.9 Å². The number of carbonyl (C=O) groups is 2. The second-order valence-corrected chi connectivity index (χ2v) is 6.14. The summed E-state index contributed by atoms with van der Waals surface area (Å²) < 4.78 is 18.5. The highest BCUT2D eigenvalue weighted by atomic mass is 19.1. The van der Waals surface area contributed by atoms with E-state index in [9.17, 15) is 14.0 Å². The molecule has 0 unspecified atom stereocenters. The zero-order valence-corrected chi connectivity index (χ0v) is 14.0. The predicted molar refractivity (Wildman–Crippen MR) is 88.6 cm³/mol. The molecule has 1 aromatic carbocycles. The lowest BCUT2D eigenvalue weighted by Gasteiger charge is -2.27. The van der Waals surface area contributed by atoms with E-state index in [0.717, 1.165) is 0 Å². The van der Waals surface area contributed by atoms with Crippen LogP contribution in [0.25, 0.3) is 0 Å². The van der Waals surface area contributed by atoms with Crippen LogP contribution in [0.2, 0.25) is 0 Å². The summed E-state index contributed by atoms with van der Waals surface area (Å²) in [6.45, 7) is 1.21. The van der Waals surface area contributed by atoms with Gasteiger partial charge in [-0.2, -0.15) is 0 Å². The first kappa shape index (κ1) is 18.4. The van der Waals surface area contributed by atoms with Gasteiger partial charge in [-0.05, 0) is 31.7 Å². The molecule has 132 valence electrons. The Morgan fingerprint density at radius 3 is 2.25 bits per heavy atom. The number of benzene rings is 1. The number of carbonyl (C=O) groups excluding carboxylic acids is 2. The van der Waals surface area contributed by atoms with Gasteiger partial charge in [-0.1, -0.05) is 18.2 Å². The van der Waals surface area contributed by atoms with E-state index in [1.54, 1.807) is 25.3 Å². The molecule has 2 rings (SSSR count). The van der Waals surface area contributed by atoms with Crippen molar-refractivity contribution in [3.8, 4) is 0 Å². The van der Waals surface area contributed by atoms with Crippen LogP contribution in [0.1, 0.15) is 31.2 Å². The Morgan fingerprint density at radius 2 is 1.67 bits per heavy atom. The topological polar surface area (TPSA) is 67.4 Å². The second kappa shape index (κ2) is 9.37. The van der Waals surface area contributed by atoms with Crippen molar-refractivity contribution in [3.05, 3.63) is 35.6 Å². The molecular formula is C18H25FN2O3. The van der Waals surface area contributed by atoms with Crippen molar-refractivity contribution in [3.63, 3.8) is 0 Å². The smallest absolute Gasteiger partial charge is 0.223 e. The molecule has 0 bridgehead atoms. The molecule has 24 heavy (non-hydrogen) atoms. The summed E-state index contributed by atoms with van der Waals surface area (Å²) in [6.07, 6.45) is 2.78. The standard InChI is InChI=1S/C18H25FN2O3/c1-24-11-10-20-17(22)13-6-8-14(9-7-13)18(23)21-12-15-4-2-3-5-16(15)19/h2-5,13-14H,6-12H2,1H3,(H,20,22)(H,21,23). The molecule has 0 heterocycles. The second-order valence-electron chi connectivity index (χ2n) is 6.14. The van der Waals surface area contributed by atoms with Gasteiger partial charge in [0.05, 0.1) is 6.61 Å². The normalized spacial score (nSPS) is 20.4. The van der Waals surface area contributed by atoms with Gasteiger partial charge in [0, 0.05) is 37.6 Å². The van der Waals surface area contributed by atoms with Crippen molar-refractivity contribution in [1.29, 1.82) is 0 Å². The van der Waals surface area contributed by atoms with Crippen molar-refractivity contribution in [2.75, 3.05) is 20.3 Å². The van der Waals surface area contributed by atoms with E-state index < -0.39 is 0 Å². The largest absolute Gasteiger partial charge is 0.383 e. The Kier molecular flexibility index (Phi) is 7.18. The fourth-order valence-corrected chi connectivity index (χ4v) is 3.01. The molecule has 0 radical (unpaired) electrons. The van der Waals surface area contributed by atoms with E-state index in [4.69, 9.17) is 4.74 Å². The van der Waals surface area contributed by atoms with Crippen molar-refractivity contribution in [1.82, 2.24) is 10.6 Å². The van der Waals surface area contributed by atoms with Crippen LogP contribution >= 0.6 is 0 Å². The summed E-state index contributed by atoms with van der Waals surface area (Å²) in [5.41, 5.74) is 0.483. The monoisotopic (exact) mass is 336 g/mol. The Morgan fingerprint density at radius 1 is 1.08 bits per heavy atom. The number of hydrogen-bond acceptors (Lipinski definition) is 3. The van der Waals surface area contributed by atoms with Crippen molar-refractivity contribution in [2.24, 2.45) is 11.8 Å². The lowest BCUT2D eigenvalue weighted by molar-refractivity contribution is -0.130. The minimum Gasteiger partial charge on any atom is -0.383 e. The Bertz CT molecular complexity index is 557. The molecule has 1 aliphatic rings. The first-order valence-electron chi connectivity index (χ1n) is 8.39. The van der Waals surface area contributed by atoms with E-state index in [0.29, 0.717) is 44.4 Å². The predicted octanol–water partition coefficient (Wildman–Crippen LogP) is 2.01. The molecule has 0 aromatic heterocycles. The first-order chi connectivity index (χ1) is 11.6. The Hall–Kier alpha value is -1.95. The Balaban J connectivity index is 1.72. The third-order valence-electron chi connectivity index (χ3n) is 4.49. The maximum Gasteiger partial charge on any atom is 0.223 e. The molecule has 2 N–H and O–H groups in total. The summed E-state index contributed by atoms with van der Waals surface area (Å²) in [6, 6.07) is 6.42. The van der Waals surface area contributed by atoms with E-state index in [1.165, 1.54) is 6.07 Å². The minimum absolute atomic E-state index is 0.0301. The van der Waals surface area contributed by atoms with Crippen LogP contribution in [0.4, 0.5) is 4.39 Å². The average Bonchev–Trinajstić information content (AvgIpc) is 2.61. The molecular weight excluding hydrogens is 311 g/mol. The van der Waals surface area contributed by atoms with Gasteiger partial charge in [0.25, 0.3) is 0 Å². The maximum absolute atomic E-state index is 13.5. The zero-order valence-electron chi connectivity index (χ0n) is 14.0. The number of halogens is 1. The van der Waals surface area contributed by atoms with Crippen LogP contribution in [0.15, 0.2) is 24.3 Å². The number of ether oxygens (including phenoxy) is 1. The van der Waals surface area contributed by atoms with Crippen LogP contribution in [0, 0.1) is 17.7 Å². The molecule has 0 atom stereocenters.